The molecule has 0 aliphatic heterocycles. The number of hydrogen-bond donors (Lipinski definition) is 1. The highest BCUT2D eigenvalue weighted by Gasteiger charge is 2.22. The van der Waals surface area contributed by atoms with Crippen LogP contribution in [0.3, 0.4) is 0 Å². The molecule has 0 heterocycles. The number of nitrogens with zero attached hydrogens (tertiary/aromatic N) is 1. The molecular formula is C9H10ClF3N2O2. The van der Waals surface area contributed by atoms with Gasteiger partial charge in [-0.3, -0.25) is 10.1 Å². The van der Waals surface area contributed by atoms with Gasteiger partial charge in [0.15, 0.2) is 0 Å². The van der Waals surface area contributed by atoms with E-state index in [1.54, 1.807) is 0 Å². The second-order valence-electron chi connectivity index (χ2n) is 3.19. The van der Waals surface area contributed by atoms with Gasteiger partial charge in [-0.15, -0.1) is 12.4 Å². The predicted molar refractivity (Wildman–Crippen MR) is 57.9 cm³/mol. The van der Waals surface area contributed by atoms with Crippen molar-refractivity contribution in [2.45, 2.75) is 18.9 Å². The van der Waals surface area contributed by atoms with Crippen LogP contribution in [-0.4, -0.2) is 11.3 Å². The zero-order valence-corrected chi connectivity index (χ0v) is 9.29. The van der Waals surface area contributed by atoms with E-state index >= 15 is 0 Å². The van der Waals surface area contributed by atoms with Gasteiger partial charge in [-0.1, -0.05) is 0 Å². The molecule has 0 aliphatic carbocycles. The second kappa shape index (κ2) is 6.41. The quantitative estimate of drug-likeness (QED) is 0.675. The van der Waals surface area contributed by atoms with Gasteiger partial charge >= 0.3 is 0 Å². The van der Waals surface area contributed by atoms with Crippen LogP contribution in [0.1, 0.15) is 18.0 Å². The number of hydrogen-bond acceptors (Lipinski definition) is 3. The van der Waals surface area contributed by atoms with Gasteiger partial charge in [-0.05, 0) is 12.1 Å². The maximum atomic E-state index is 12.7. The lowest BCUT2D eigenvalue weighted by atomic mass is 10.0. The number of rotatable bonds is 4. The summed E-state index contributed by atoms with van der Waals surface area (Å²) in [5.41, 5.74) is 4.71. The van der Waals surface area contributed by atoms with E-state index < -0.39 is 35.3 Å². The maximum absolute atomic E-state index is 12.7. The molecule has 0 aromatic heterocycles. The van der Waals surface area contributed by atoms with E-state index in [4.69, 9.17) is 5.73 Å². The smallest absolute Gasteiger partial charge is 0.277 e. The lowest BCUT2D eigenvalue weighted by Gasteiger charge is -2.11. The number of nitrogens with two attached hydrogens (primary N) is 1. The zero-order chi connectivity index (χ0) is 12.3. The highest BCUT2D eigenvalue weighted by molar-refractivity contribution is 5.85. The Balaban J connectivity index is 0.00000256. The standard InChI is InChI=1S/C9H9F3N2O2.ClH/c10-5-1-2-6(7(13)4-9(11)12)8(3-5)14(15)16;/h1-3,7,9H,4,13H2;1H/t7-;/m0./s1. The molecule has 0 aliphatic rings. The van der Waals surface area contributed by atoms with Gasteiger partial charge in [0.2, 0.25) is 6.43 Å². The third-order valence-corrected chi connectivity index (χ3v) is 2.02. The molecule has 96 valence electrons. The normalized spacial score (nSPS) is 12.1. The molecule has 1 rings (SSSR count). The SMILES string of the molecule is Cl.N[C@@H](CC(F)F)c1ccc(F)cc1[N+](=O)[O-]. The van der Waals surface area contributed by atoms with Crippen LogP contribution in [0.5, 0.6) is 0 Å². The summed E-state index contributed by atoms with van der Waals surface area (Å²) in [4.78, 5) is 9.72. The molecule has 1 atom stereocenters. The van der Waals surface area contributed by atoms with Crippen LogP contribution in [-0.2, 0) is 0 Å². The summed E-state index contributed by atoms with van der Waals surface area (Å²) in [5.74, 6) is -0.806. The number of alkyl halides is 2. The van der Waals surface area contributed by atoms with Crippen LogP contribution in [0.25, 0.3) is 0 Å². The van der Waals surface area contributed by atoms with E-state index in [0.717, 1.165) is 12.1 Å². The van der Waals surface area contributed by atoms with Crippen LogP contribution >= 0.6 is 12.4 Å². The van der Waals surface area contributed by atoms with Gasteiger partial charge in [0.05, 0.1) is 11.0 Å². The van der Waals surface area contributed by atoms with Crippen LogP contribution in [0.2, 0.25) is 0 Å². The fourth-order valence-corrected chi connectivity index (χ4v) is 1.31. The van der Waals surface area contributed by atoms with Crippen molar-refractivity contribution in [1.82, 2.24) is 0 Å². The summed E-state index contributed by atoms with van der Waals surface area (Å²) in [6.07, 6.45) is -3.37. The molecule has 0 bridgehead atoms. The fourth-order valence-electron chi connectivity index (χ4n) is 1.31. The average Bonchev–Trinajstić information content (AvgIpc) is 2.16. The Bertz CT molecular complexity index is 404. The molecule has 0 radical (unpaired) electrons. The van der Waals surface area contributed by atoms with Crippen molar-refractivity contribution >= 4 is 18.1 Å². The molecule has 8 heteroatoms. The molecule has 0 saturated heterocycles. The summed E-state index contributed by atoms with van der Waals surface area (Å²) < 4.78 is 36.9. The summed E-state index contributed by atoms with van der Waals surface area (Å²) >= 11 is 0. The maximum Gasteiger partial charge on any atom is 0.277 e. The first-order valence-electron chi connectivity index (χ1n) is 4.39. The van der Waals surface area contributed by atoms with Gasteiger partial charge in [0.1, 0.15) is 5.82 Å². The first-order valence-corrected chi connectivity index (χ1v) is 4.39. The summed E-state index contributed by atoms with van der Waals surface area (Å²) in [6.45, 7) is 0. The Labute approximate surface area is 101 Å². The number of halogens is 4. The molecule has 1 aromatic rings. The Morgan fingerprint density at radius 3 is 2.47 bits per heavy atom. The van der Waals surface area contributed by atoms with Crippen molar-refractivity contribution in [1.29, 1.82) is 0 Å². The van der Waals surface area contributed by atoms with Crippen LogP contribution in [0.4, 0.5) is 18.9 Å². The lowest BCUT2D eigenvalue weighted by Crippen LogP contribution is -2.15. The van der Waals surface area contributed by atoms with Crippen molar-refractivity contribution in [2.75, 3.05) is 0 Å². The third-order valence-electron chi connectivity index (χ3n) is 2.02. The molecule has 0 saturated carbocycles. The lowest BCUT2D eigenvalue weighted by molar-refractivity contribution is -0.385. The summed E-state index contributed by atoms with van der Waals surface area (Å²) in [5, 5.41) is 10.6. The van der Waals surface area contributed by atoms with Crippen LogP contribution in [0.15, 0.2) is 18.2 Å². The molecule has 0 fully saturated rings. The monoisotopic (exact) mass is 270 g/mol. The minimum atomic E-state index is -2.67. The molecule has 0 amide bonds. The van der Waals surface area contributed by atoms with Crippen molar-refractivity contribution in [3.63, 3.8) is 0 Å². The van der Waals surface area contributed by atoms with Crippen molar-refractivity contribution in [2.24, 2.45) is 5.73 Å². The van der Waals surface area contributed by atoms with Gasteiger partial charge in [-0.2, -0.15) is 0 Å². The zero-order valence-electron chi connectivity index (χ0n) is 8.48. The van der Waals surface area contributed by atoms with Gasteiger partial charge in [0.25, 0.3) is 5.69 Å². The predicted octanol–water partition coefficient (Wildman–Crippen LogP) is 2.81. The Kier molecular flexibility index (Phi) is 5.90. The van der Waals surface area contributed by atoms with E-state index in [2.05, 4.69) is 0 Å². The van der Waals surface area contributed by atoms with Crippen LogP contribution in [0, 0.1) is 15.9 Å². The molecule has 0 unspecified atom stereocenters. The summed E-state index contributed by atoms with van der Waals surface area (Å²) in [6, 6.07) is 1.50. The van der Waals surface area contributed by atoms with Gasteiger partial charge in [-0.25, -0.2) is 13.2 Å². The topological polar surface area (TPSA) is 69.2 Å². The Morgan fingerprint density at radius 1 is 1.41 bits per heavy atom. The fraction of sp³-hybridized carbons (Fsp3) is 0.333. The highest BCUT2D eigenvalue weighted by atomic mass is 35.5. The van der Waals surface area contributed by atoms with Gasteiger partial charge < -0.3 is 5.73 Å². The Morgan fingerprint density at radius 2 is 2.00 bits per heavy atom. The first kappa shape index (κ1) is 15.7. The molecule has 4 nitrogen and oxygen atoms in total. The average molecular weight is 271 g/mol. The van der Waals surface area contributed by atoms with Crippen molar-refractivity contribution in [3.8, 4) is 0 Å². The minimum absolute atomic E-state index is 0. The van der Waals surface area contributed by atoms with E-state index in [-0.39, 0.29) is 18.0 Å². The highest BCUT2D eigenvalue weighted by Crippen LogP contribution is 2.27. The van der Waals surface area contributed by atoms with E-state index in [1.807, 2.05) is 0 Å². The van der Waals surface area contributed by atoms with E-state index in [0.29, 0.717) is 6.07 Å². The van der Waals surface area contributed by atoms with Crippen LogP contribution < -0.4 is 5.73 Å². The van der Waals surface area contributed by atoms with E-state index in [9.17, 15) is 23.3 Å². The molecule has 1 aromatic carbocycles. The number of benzene rings is 1. The number of nitro benzene ring substituents is 1. The number of nitro groups is 1. The second-order valence-corrected chi connectivity index (χ2v) is 3.19. The third kappa shape index (κ3) is 4.20. The molecule has 17 heavy (non-hydrogen) atoms. The van der Waals surface area contributed by atoms with Gasteiger partial charge in [0, 0.05) is 18.0 Å². The van der Waals surface area contributed by atoms with Crippen molar-refractivity contribution in [3.05, 3.63) is 39.7 Å². The Hall–Kier alpha value is -1.34. The van der Waals surface area contributed by atoms with Crippen molar-refractivity contribution < 1.29 is 18.1 Å². The van der Waals surface area contributed by atoms with E-state index in [1.165, 1.54) is 0 Å². The molecule has 2 N–H and O–H groups in total. The largest absolute Gasteiger partial charge is 0.324 e. The molecule has 0 spiro atoms. The molecular weight excluding hydrogens is 261 g/mol. The minimum Gasteiger partial charge on any atom is -0.324 e. The summed E-state index contributed by atoms with van der Waals surface area (Å²) in [7, 11) is 0. The first-order chi connectivity index (χ1) is 7.41.